The predicted molar refractivity (Wildman–Crippen MR) is 205 cm³/mol. The molecule has 0 radical (unpaired) electrons. The quantitative estimate of drug-likeness (QED) is 0.191. The van der Waals surface area contributed by atoms with Gasteiger partial charge in [-0.25, -0.2) is 19.6 Å². The molecule has 5 aromatic rings. The molecular weight excluding hydrogens is 671 g/mol. The average molecular weight is 718 g/mol. The topological polar surface area (TPSA) is 129 Å². The van der Waals surface area contributed by atoms with E-state index >= 15 is 0 Å². The standard InChI is InChI=1S/C37H43N7O4.2H2S/c1-36(2,3)47-34(45)43-15-7-9-30(43)32-39-20-28(41-32)25-14-12-22-17-24(13-11-23(22)18-25)26-19-27-29(21-38-26)42-33(40-27)31-10-8-16-44(31)35(46)48-37(4,5)6;;/h11-14,17-21,30-31H,7-10,15-16H2,1-6H3,(H,39,41)(H,40,42);2*1H2/t30-,31-;;/m0../s1. The van der Waals surface area contributed by atoms with Crippen LogP contribution in [0, 0.1) is 0 Å². The summed E-state index contributed by atoms with van der Waals surface area (Å²) in [6.45, 7) is 12.6. The fraction of sp³-hybridized carbons (Fsp3) is 0.432. The van der Waals surface area contributed by atoms with Gasteiger partial charge in [0.25, 0.3) is 0 Å². The molecule has 13 heteroatoms. The van der Waals surface area contributed by atoms with Gasteiger partial charge in [0, 0.05) is 24.2 Å². The lowest BCUT2D eigenvalue weighted by molar-refractivity contribution is 0.0208. The number of pyridine rings is 1. The first-order chi connectivity index (χ1) is 22.8. The molecule has 2 N–H and O–H groups in total. The second kappa shape index (κ2) is 14.2. The molecule has 0 saturated carbocycles. The fourth-order valence-corrected chi connectivity index (χ4v) is 6.65. The van der Waals surface area contributed by atoms with Crippen LogP contribution in [0.2, 0.25) is 0 Å². The smallest absolute Gasteiger partial charge is 0.410 e. The Bertz CT molecular complexity index is 2010. The molecule has 7 rings (SSSR count). The van der Waals surface area contributed by atoms with Crippen molar-refractivity contribution in [2.75, 3.05) is 13.1 Å². The highest BCUT2D eigenvalue weighted by Crippen LogP contribution is 2.35. The number of aromatic amines is 2. The maximum Gasteiger partial charge on any atom is 0.410 e. The van der Waals surface area contributed by atoms with E-state index in [-0.39, 0.29) is 51.3 Å². The second-order valence-corrected chi connectivity index (χ2v) is 14.8. The molecule has 2 atom stereocenters. The summed E-state index contributed by atoms with van der Waals surface area (Å²) >= 11 is 0. The Kier molecular flexibility index (Phi) is 10.5. The van der Waals surface area contributed by atoms with Gasteiger partial charge in [-0.1, -0.05) is 24.3 Å². The first kappa shape index (κ1) is 37.0. The van der Waals surface area contributed by atoms with Crippen LogP contribution >= 0.6 is 27.0 Å². The molecule has 2 aliphatic heterocycles. The number of nitrogens with zero attached hydrogens (tertiary/aromatic N) is 5. The molecule has 266 valence electrons. The van der Waals surface area contributed by atoms with Crippen molar-refractivity contribution in [1.29, 1.82) is 0 Å². The van der Waals surface area contributed by atoms with E-state index in [0.717, 1.165) is 81.7 Å². The summed E-state index contributed by atoms with van der Waals surface area (Å²) in [7, 11) is 0. The molecule has 0 spiro atoms. The van der Waals surface area contributed by atoms with Crippen LogP contribution in [0.4, 0.5) is 9.59 Å². The third kappa shape index (κ3) is 7.73. The highest BCUT2D eigenvalue weighted by atomic mass is 32.1. The summed E-state index contributed by atoms with van der Waals surface area (Å²) in [6, 6.07) is 14.4. The van der Waals surface area contributed by atoms with E-state index in [4.69, 9.17) is 19.4 Å². The highest BCUT2D eigenvalue weighted by molar-refractivity contribution is 7.59. The van der Waals surface area contributed by atoms with E-state index in [9.17, 15) is 9.59 Å². The van der Waals surface area contributed by atoms with E-state index in [1.807, 2.05) is 60.0 Å². The number of likely N-dealkylation sites (tertiary alicyclic amines) is 2. The number of rotatable bonds is 4. The van der Waals surface area contributed by atoms with E-state index in [1.165, 1.54) is 0 Å². The number of amides is 2. The van der Waals surface area contributed by atoms with Crippen LogP contribution in [0.5, 0.6) is 0 Å². The number of H-pyrrole nitrogens is 2. The fourth-order valence-electron chi connectivity index (χ4n) is 6.65. The van der Waals surface area contributed by atoms with E-state index in [1.54, 1.807) is 9.80 Å². The van der Waals surface area contributed by atoms with Gasteiger partial charge in [-0.05, 0) is 96.2 Å². The lowest BCUT2D eigenvalue weighted by Crippen LogP contribution is -2.36. The Labute approximate surface area is 306 Å². The largest absolute Gasteiger partial charge is 0.444 e. The maximum absolute atomic E-state index is 12.9. The number of imidazole rings is 2. The molecular formula is C37H47N7O4S2. The van der Waals surface area contributed by atoms with Gasteiger partial charge in [0.1, 0.15) is 22.9 Å². The summed E-state index contributed by atoms with van der Waals surface area (Å²) < 4.78 is 11.3. The van der Waals surface area contributed by atoms with Crippen molar-refractivity contribution in [3.8, 4) is 22.5 Å². The lowest BCUT2D eigenvalue weighted by Gasteiger charge is -2.27. The van der Waals surface area contributed by atoms with Crippen LogP contribution in [-0.4, -0.2) is 71.2 Å². The van der Waals surface area contributed by atoms with Gasteiger partial charge in [-0.15, -0.1) is 0 Å². The van der Waals surface area contributed by atoms with Crippen LogP contribution in [-0.2, 0) is 9.47 Å². The molecule has 11 nitrogen and oxygen atoms in total. The number of fused-ring (bicyclic) bond motifs is 2. The Morgan fingerprint density at radius 2 is 1.28 bits per heavy atom. The molecule has 0 bridgehead atoms. The minimum atomic E-state index is -0.552. The first-order valence-corrected chi connectivity index (χ1v) is 16.8. The number of hydrogen-bond acceptors (Lipinski definition) is 7. The van der Waals surface area contributed by atoms with Crippen molar-refractivity contribution in [2.45, 2.75) is 90.5 Å². The van der Waals surface area contributed by atoms with Crippen molar-refractivity contribution >= 4 is 61.0 Å². The second-order valence-electron chi connectivity index (χ2n) is 14.8. The Morgan fingerprint density at radius 1 is 0.720 bits per heavy atom. The van der Waals surface area contributed by atoms with Gasteiger partial charge < -0.3 is 19.4 Å². The molecule has 2 aliphatic rings. The first-order valence-electron chi connectivity index (χ1n) is 16.8. The van der Waals surface area contributed by atoms with E-state index in [2.05, 4.69) is 51.4 Å². The van der Waals surface area contributed by atoms with Gasteiger partial charge in [0.15, 0.2) is 0 Å². The van der Waals surface area contributed by atoms with Crippen LogP contribution in [0.25, 0.3) is 44.3 Å². The van der Waals surface area contributed by atoms with Crippen molar-refractivity contribution < 1.29 is 19.1 Å². The number of hydrogen-bond donors (Lipinski definition) is 2. The zero-order valence-electron chi connectivity index (χ0n) is 29.5. The van der Waals surface area contributed by atoms with E-state index in [0.29, 0.717) is 13.1 Å². The molecule has 0 aliphatic carbocycles. The summed E-state index contributed by atoms with van der Waals surface area (Å²) in [5.74, 6) is 1.53. The number of aromatic nitrogens is 5. The van der Waals surface area contributed by atoms with Gasteiger partial charge >= 0.3 is 12.2 Å². The number of ether oxygens (including phenoxy) is 2. The molecule has 2 amide bonds. The van der Waals surface area contributed by atoms with Gasteiger partial charge in [0.2, 0.25) is 0 Å². The monoisotopic (exact) mass is 717 g/mol. The van der Waals surface area contributed by atoms with Crippen molar-refractivity contribution in [1.82, 2.24) is 34.7 Å². The Hall–Kier alpha value is -4.23. The number of nitrogens with one attached hydrogen (secondary N) is 2. The molecule has 3 aromatic heterocycles. The number of carbonyl (C=O) groups excluding carboxylic acids is 2. The zero-order chi connectivity index (χ0) is 33.8. The third-order valence-electron chi connectivity index (χ3n) is 8.82. The van der Waals surface area contributed by atoms with Crippen LogP contribution < -0.4 is 0 Å². The summed E-state index contributed by atoms with van der Waals surface area (Å²) in [6.07, 6.45) is 6.53. The van der Waals surface area contributed by atoms with Crippen LogP contribution in [0.3, 0.4) is 0 Å². The SMILES string of the molecule is CC(C)(C)OC(=O)N1CCC[C@H]1c1ncc(-c2ccc3cc(-c4cc5nc([C@@H]6CCCN6C(=O)OC(C)(C)C)[nH]c5cn4)ccc3c2)[nH]1.S.S. The molecule has 2 aromatic carbocycles. The average Bonchev–Trinajstić information content (AvgIpc) is 3.84. The van der Waals surface area contributed by atoms with Crippen molar-refractivity contribution in [3.05, 3.63) is 66.5 Å². The lowest BCUT2D eigenvalue weighted by atomic mass is 10.0. The summed E-state index contributed by atoms with van der Waals surface area (Å²) in [4.78, 5) is 50.4. The molecule has 50 heavy (non-hydrogen) atoms. The minimum absolute atomic E-state index is 0. The van der Waals surface area contributed by atoms with Crippen molar-refractivity contribution in [2.24, 2.45) is 0 Å². The zero-order valence-corrected chi connectivity index (χ0v) is 31.5. The van der Waals surface area contributed by atoms with Crippen LogP contribution in [0.1, 0.15) is 91.0 Å². The molecule has 2 saturated heterocycles. The third-order valence-corrected chi connectivity index (χ3v) is 8.82. The normalized spacial score (nSPS) is 17.9. The minimum Gasteiger partial charge on any atom is -0.444 e. The predicted octanol–water partition coefficient (Wildman–Crippen LogP) is 8.54. The highest BCUT2D eigenvalue weighted by Gasteiger charge is 2.36. The maximum atomic E-state index is 12.9. The molecule has 0 unspecified atom stereocenters. The molecule has 2 fully saturated rings. The van der Waals surface area contributed by atoms with Crippen LogP contribution in [0.15, 0.2) is 54.9 Å². The molecule has 5 heterocycles. The summed E-state index contributed by atoms with van der Waals surface area (Å²) in [5, 5.41) is 2.18. The number of benzene rings is 2. The van der Waals surface area contributed by atoms with Gasteiger partial charge in [-0.3, -0.25) is 14.8 Å². The van der Waals surface area contributed by atoms with Gasteiger partial charge in [0.05, 0.1) is 46.9 Å². The number of carbonyl (C=O) groups is 2. The van der Waals surface area contributed by atoms with Crippen molar-refractivity contribution in [3.63, 3.8) is 0 Å². The summed E-state index contributed by atoms with van der Waals surface area (Å²) in [5.41, 5.74) is 4.29. The Morgan fingerprint density at radius 3 is 1.88 bits per heavy atom. The van der Waals surface area contributed by atoms with E-state index < -0.39 is 11.2 Å². The van der Waals surface area contributed by atoms with Gasteiger partial charge in [-0.2, -0.15) is 27.0 Å². The Balaban J connectivity index is 0.00000243.